The van der Waals surface area contributed by atoms with Crippen molar-refractivity contribution in [3.05, 3.63) is 29.3 Å². The Kier molecular flexibility index (Phi) is 10.4. The summed E-state index contributed by atoms with van der Waals surface area (Å²) in [7, 11) is 1.67. The Morgan fingerprint density at radius 3 is 2.57 bits per heavy atom. The van der Waals surface area contributed by atoms with Crippen LogP contribution in [-0.4, -0.2) is 56.4 Å². The molecule has 0 aromatic heterocycles. The molecule has 5 nitrogen and oxygen atoms in total. The Bertz CT molecular complexity index is 636. The lowest BCUT2D eigenvalue weighted by atomic mass is 10.1. The minimum Gasteiger partial charge on any atom is -0.484 e. The average Bonchev–Trinajstić information content (AvgIpc) is 3.45. The summed E-state index contributed by atoms with van der Waals surface area (Å²) in [5, 5.41) is 6.39. The maximum absolute atomic E-state index is 12.5. The molecule has 0 bridgehead atoms. The van der Waals surface area contributed by atoms with E-state index in [0.717, 1.165) is 25.2 Å². The molecule has 1 saturated carbocycles. The van der Waals surface area contributed by atoms with Gasteiger partial charge in [0.25, 0.3) is 0 Å². The second kappa shape index (κ2) is 11.7. The number of aryl methyl sites for hydroxylation is 1. The van der Waals surface area contributed by atoms with Gasteiger partial charge in [-0.05, 0) is 37.9 Å². The van der Waals surface area contributed by atoms with E-state index in [2.05, 4.69) is 27.4 Å². The van der Waals surface area contributed by atoms with E-state index >= 15 is 0 Å². The number of likely N-dealkylation sites (N-methyl/N-ethyl adjacent to an activating group) is 1. The van der Waals surface area contributed by atoms with Gasteiger partial charge in [0.2, 0.25) is 0 Å². The standard InChI is InChI=1S/C19H29F3N4O.HI/c1-4-26(16-7-8-16)10-9-24-18(23-3)25-12-15-6-5-14(2)11-17(15)27-13-19(20,21)22;/h5-6,11,16H,4,7-10,12-13H2,1-3H3,(H2,23,24,25);1H. The van der Waals surface area contributed by atoms with Crippen LogP contribution in [0.3, 0.4) is 0 Å². The van der Waals surface area contributed by atoms with Gasteiger partial charge in [-0.2, -0.15) is 13.2 Å². The molecule has 160 valence electrons. The quantitative estimate of drug-likeness (QED) is 0.300. The largest absolute Gasteiger partial charge is 0.484 e. The monoisotopic (exact) mass is 514 g/mol. The lowest BCUT2D eigenvalue weighted by molar-refractivity contribution is -0.153. The summed E-state index contributed by atoms with van der Waals surface area (Å²) in [4.78, 5) is 6.61. The van der Waals surface area contributed by atoms with Crippen LogP contribution in [0.25, 0.3) is 0 Å². The Morgan fingerprint density at radius 2 is 2.00 bits per heavy atom. The van der Waals surface area contributed by atoms with Crippen molar-refractivity contribution < 1.29 is 17.9 Å². The summed E-state index contributed by atoms with van der Waals surface area (Å²) < 4.78 is 42.4. The number of aliphatic imine (C=N–C) groups is 1. The van der Waals surface area contributed by atoms with E-state index in [1.165, 1.54) is 12.8 Å². The van der Waals surface area contributed by atoms with E-state index in [-0.39, 0.29) is 29.7 Å². The molecule has 9 heteroatoms. The molecule has 28 heavy (non-hydrogen) atoms. The highest BCUT2D eigenvalue weighted by Gasteiger charge is 2.29. The molecule has 0 radical (unpaired) electrons. The van der Waals surface area contributed by atoms with Crippen LogP contribution in [-0.2, 0) is 6.54 Å². The first kappa shape index (κ1) is 24.8. The number of ether oxygens (including phenoxy) is 1. The lowest BCUT2D eigenvalue weighted by Gasteiger charge is -2.21. The molecule has 0 atom stereocenters. The van der Waals surface area contributed by atoms with Gasteiger partial charge in [-0.1, -0.05) is 19.1 Å². The van der Waals surface area contributed by atoms with Crippen LogP contribution in [0.1, 0.15) is 30.9 Å². The van der Waals surface area contributed by atoms with Crippen LogP contribution in [0.15, 0.2) is 23.2 Å². The van der Waals surface area contributed by atoms with Crippen LogP contribution in [0.5, 0.6) is 5.75 Å². The number of guanidine groups is 1. The predicted molar refractivity (Wildman–Crippen MR) is 117 cm³/mol. The average molecular weight is 514 g/mol. The van der Waals surface area contributed by atoms with Gasteiger partial charge in [0, 0.05) is 38.3 Å². The molecule has 0 aliphatic heterocycles. The highest BCUT2D eigenvalue weighted by molar-refractivity contribution is 14.0. The molecule has 2 N–H and O–H groups in total. The smallest absolute Gasteiger partial charge is 0.422 e. The minimum atomic E-state index is -4.36. The fourth-order valence-electron chi connectivity index (χ4n) is 2.86. The summed E-state index contributed by atoms with van der Waals surface area (Å²) in [6.45, 7) is 5.73. The van der Waals surface area contributed by atoms with E-state index in [9.17, 15) is 13.2 Å². The van der Waals surface area contributed by atoms with Crippen LogP contribution >= 0.6 is 24.0 Å². The fraction of sp³-hybridized carbons (Fsp3) is 0.632. The molecule has 1 fully saturated rings. The van der Waals surface area contributed by atoms with Crippen LogP contribution in [0, 0.1) is 6.92 Å². The second-order valence-electron chi connectivity index (χ2n) is 6.73. The summed E-state index contributed by atoms with van der Waals surface area (Å²) in [5.41, 5.74) is 1.50. The van der Waals surface area contributed by atoms with Crippen LogP contribution in [0.2, 0.25) is 0 Å². The molecule has 0 spiro atoms. The van der Waals surface area contributed by atoms with Crippen molar-refractivity contribution in [3.63, 3.8) is 0 Å². The molecule has 1 aliphatic carbocycles. The molecule has 0 unspecified atom stereocenters. The first-order valence-electron chi connectivity index (χ1n) is 9.30. The van der Waals surface area contributed by atoms with Crippen molar-refractivity contribution in [1.82, 2.24) is 15.5 Å². The van der Waals surface area contributed by atoms with E-state index in [0.29, 0.717) is 24.1 Å². The predicted octanol–water partition coefficient (Wildman–Crippen LogP) is 3.70. The molecular formula is C19H30F3IN4O. The molecule has 1 aromatic carbocycles. The topological polar surface area (TPSA) is 48.9 Å². The van der Waals surface area contributed by atoms with Gasteiger partial charge < -0.3 is 15.4 Å². The van der Waals surface area contributed by atoms with Gasteiger partial charge >= 0.3 is 6.18 Å². The molecule has 0 amide bonds. The zero-order valence-corrected chi connectivity index (χ0v) is 18.9. The van der Waals surface area contributed by atoms with Gasteiger partial charge in [0.1, 0.15) is 5.75 Å². The third-order valence-electron chi connectivity index (χ3n) is 4.44. The van der Waals surface area contributed by atoms with Gasteiger partial charge in [0.15, 0.2) is 12.6 Å². The summed E-state index contributed by atoms with van der Waals surface area (Å²) in [5.74, 6) is 0.852. The number of rotatable bonds is 9. The fourth-order valence-corrected chi connectivity index (χ4v) is 2.86. The Morgan fingerprint density at radius 1 is 1.29 bits per heavy atom. The molecule has 2 rings (SSSR count). The highest BCUT2D eigenvalue weighted by Crippen LogP contribution is 2.26. The van der Waals surface area contributed by atoms with Crippen molar-refractivity contribution in [1.29, 1.82) is 0 Å². The zero-order chi connectivity index (χ0) is 19.9. The third-order valence-corrected chi connectivity index (χ3v) is 4.44. The maximum Gasteiger partial charge on any atom is 0.422 e. The van der Waals surface area contributed by atoms with Crippen molar-refractivity contribution in [2.75, 3.05) is 33.3 Å². The highest BCUT2D eigenvalue weighted by atomic mass is 127. The van der Waals surface area contributed by atoms with Gasteiger partial charge in [-0.3, -0.25) is 9.89 Å². The summed E-state index contributed by atoms with van der Waals surface area (Å²) in [6.07, 6.45) is -1.82. The van der Waals surface area contributed by atoms with Gasteiger partial charge in [-0.15, -0.1) is 24.0 Å². The summed E-state index contributed by atoms with van der Waals surface area (Å²) in [6, 6.07) is 5.95. The van der Waals surface area contributed by atoms with Crippen molar-refractivity contribution in [3.8, 4) is 5.75 Å². The molecule has 0 heterocycles. The van der Waals surface area contributed by atoms with E-state index in [1.54, 1.807) is 19.2 Å². The van der Waals surface area contributed by atoms with E-state index in [4.69, 9.17) is 4.74 Å². The van der Waals surface area contributed by atoms with Gasteiger partial charge in [-0.25, -0.2) is 0 Å². The van der Waals surface area contributed by atoms with Crippen LogP contribution in [0.4, 0.5) is 13.2 Å². The van der Waals surface area contributed by atoms with Crippen molar-refractivity contribution >= 4 is 29.9 Å². The second-order valence-corrected chi connectivity index (χ2v) is 6.73. The molecule has 0 saturated heterocycles. The normalized spacial score (nSPS) is 14.6. The minimum absolute atomic E-state index is 0. The Balaban J connectivity index is 0.00000392. The number of alkyl halides is 3. The third kappa shape index (κ3) is 8.85. The Labute approximate surface area is 182 Å². The maximum atomic E-state index is 12.5. The zero-order valence-electron chi connectivity index (χ0n) is 16.6. The first-order valence-corrected chi connectivity index (χ1v) is 9.30. The van der Waals surface area contributed by atoms with Crippen molar-refractivity contribution in [2.45, 2.75) is 45.5 Å². The number of hydrogen-bond acceptors (Lipinski definition) is 3. The SMILES string of the molecule is CCN(CCNC(=NC)NCc1ccc(C)cc1OCC(F)(F)F)C1CC1.I. The van der Waals surface area contributed by atoms with E-state index < -0.39 is 12.8 Å². The number of benzene rings is 1. The number of nitrogens with one attached hydrogen (secondary N) is 2. The first-order chi connectivity index (χ1) is 12.8. The molecular weight excluding hydrogens is 484 g/mol. The number of halogens is 4. The van der Waals surface area contributed by atoms with Gasteiger partial charge in [0.05, 0.1) is 0 Å². The Hall–Kier alpha value is -1.23. The molecule has 1 aromatic rings. The van der Waals surface area contributed by atoms with Crippen LogP contribution < -0.4 is 15.4 Å². The van der Waals surface area contributed by atoms with E-state index in [1.807, 2.05) is 13.0 Å². The molecule has 1 aliphatic rings. The lowest BCUT2D eigenvalue weighted by Crippen LogP contribution is -2.41. The van der Waals surface area contributed by atoms with Crippen molar-refractivity contribution in [2.24, 2.45) is 4.99 Å². The number of hydrogen-bond donors (Lipinski definition) is 2. The number of nitrogens with zero attached hydrogens (tertiary/aromatic N) is 2. The summed E-state index contributed by atoms with van der Waals surface area (Å²) >= 11 is 0.